The summed E-state index contributed by atoms with van der Waals surface area (Å²) < 4.78 is 0. The molecule has 0 aliphatic rings. The van der Waals surface area contributed by atoms with E-state index in [0.29, 0.717) is 16.6 Å². The van der Waals surface area contributed by atoms with E-state index in [9.17, 15) is 9.90 Å². The molecule has 0 aliphatic carbocycles. The summed E-state index contributed by atoms with van der Waals surface area (Å²) in [6, 6.07) is 4.67. The Hall–Kier alpha value is -1.97. The highest BCUT2D eigenvalue weighted by Gasteiger charge is 2.07. The van der Waals surface area contributed by atoms with E-state index < -0.39 is 0 Å². The molecule has 0 saturated heterocycles. The van der Waals surface area contributed by atoms with E-state index in [1.807, 2.05) is 0 Å². The third-order valence-electron chi connectivity index (χ3n) is 1.95. The zero-order valence-electron chi connectivity index (χ0n) is 7.56. The molecule has 2 rings (SSSR count). The molecule has 0 saturated carbocycles. The SMILES string of the molecule is CC(=O)c1ncnc2ccc(O)cc12. The van der Waals surface area contributed by atoms with Crippen LogP contribution in [0.25, 0.3) is 10.9 Å². The molecular formula is C10H8N2O2. The van der Waals surface area contributed by atoms with Crippen LogP contribution < -0.4 is 0 Å². The third-order valence-corrected chi connectivity index (χ3v) is 1.95. The first kappa shape index (κ1) is 8.62. The van der Waals surface area contributed by atoms with Crippen LogP contribution >= 0.6 is 0 Å². The van der Waals surface area contributed by atoms with E-state index >= 15 is 0 Å². The van der Waals surface area contributed by atoms with E-state index in [1.165, 1.54) is 25.4 Å². The number of fused-ring (bicyclic) bond motifs is 1. The summed E-state index contributed by atoms with van der Waals surface area (Å²) >= 11 is 0. The Balaban J connectivity index is 2.84. The summed E-state index contributed by atoms with van der Waals surface area (Å²) in [5.74, 6) is -0.0298. The zero-order chi connectivity index (χ0) is 10.1. The van der Waals surface area contributed by atoms with Gasteiger partial charge in [-0.2, -0.15) is 0 Å². The second-order valence-corrected chi connectivity index (χ2v) is 2.98. The lowest BCUT2D eigenvalue weighted by Crippen LogP contribution is -1.98. The molecule has 4 nitrogen and oxygen atoms in total. The van der Waals surface area contributed by atoms with Crippen molar-refractivity contribution in [3.05, 3.63) is 30.2 Å². The van der Waals surface area contributed by atoms with E-state index in [4.69, 9.17) is 0 Å². The van der Waals surface area contributed by atoms with E-state index in [0.717, 1.165) is 0 Å². The maximum atomic E-state index is 11.2. The van der Waals surface area contributed by atoms with Gasteiger partial charge in [0.25, 0.3) is 0 Å². The number of benzene rings is 1. The minimum atomic E-state index is -0.136. The van der Waals surface area contributed by atoms with Crippen molar-refractivity contribution in [3.63, 3.8) is 0 Å². The van der Waals surface area contributed by atoms with Gasteiger partial charge in [0, 0.05) is 12.3 Å². The number of Topliss-reactive ketones (excluding diaryl/α,β-unsaturated/α-hetero) is 1. The minimum absolute atomic E-state index is 0.106. The maximum Gasteiger partial charge on any atom is 0.178 e. The minimum Gasteiger partial charge on any atom is -0.508 e. The van der Waals surface area contributed by atoms with Crippen LogP contribution in [0.1, 0.15) is 17.4 Å². The fourth-order valence-electron chi connectivity index (χ4n) is 1.33. The fraction of sp³-hybridized carbons (Fsp3) is 0.100. The van der Waals surface area contributed by atoms with Crippen LogP contribution in [0.3, 0.4) is 0 Å². The monoisotopic (exact) mass is 188 g/mol. The molecule has 1 aromatic heterocycles. The lowest BCUT2D eigenvalue weighted by Gasteiger charge is -2.01. The summed E-state index contributed by atoms with van der Waals surface area (Å²) in [6.45, 7) is 1.44. The summed E-state index contributed by atoms with van der Waals surface area (Å²) in [5, 5.41) is 9.85. The summed E-state index contributed by atoms with van der Waals surface area (Å²) in [4.78, 5) is 19.1. The topological polar surface area (TPSA) is 63.1 Å². The van der Waals surface area contributed by atoms with Crippen LogP contribution in [0.2, 0.25) is 0 Å². The Labute approximate surface area is 80.2 Å². The maximum absolute atomic E-state index is 11.2. The average molecular weight is 188 g/mol. The van der Waals surface area contributed by atoms with Gasteiger partial charge in [-0.05, 0) is 18.2 Å². The lowest BCUT2D eigenvalue weighted by atomic mass is 10.1. The van der Waals surface area contributed by atoms with Crippen molar-refractivity contribution in [2.45, 2.75) is 6.92 Å². The van der Waals surface area contributed by atoms with Crippen LogP contribution in [-0.2, 0) is 0 Å². The number of ketones is 1. The summed E-state index contributed by atoms with van der Waals surface area (Å²) in [6.07, 6.45) is 1.34. The second kappa shape index (κ2) is 3.06. The number of nitrogens with zero attached hydrogens (tertiary/aromatic N) is 2. The van der Waals surface area contributed by atoms with Gasteiger partial charge in [-0.1, -0.05) is 0 Å². The van der Waals surface area contributed by atoms with Gasteiger partial charge in [0.1, 0.15) is 17.8 Å². The molecule has 1 heterocycles. The first-order valence-corrected chi connectivity index (χ1v) is 4.13. The number of hydrogen-bond donors (Lipinski definition) is 1. The highest BCUT2D eigenvalue weighted by molar-refractivity contribution is 6.04. The van der Waals surface area contributed by atoms with Gasteiger partial charge in [0.05, 0.1) is 5.52 Å². The molecule has 0 fully saturated rings. The van der Waals surface area contributed by atoms with Gasteiger partial charge in [-0.15, -0.1) is 0 Å². The predicted molar refractivity (Wildman–Crippen MR) is 51.2 cm³/mol. The van der Waals surface area contributed by atoms with Crippen molar-refractivity contribution >= 4 is 16.7 Å². The molecule has 0 aliphatic heterocycles. The molecule has 0 atom stereocenters. The lowest BCUT2D eigenvalue weighted by molar-refractivity contribution is 0.101. The van der Waals surface area contributed by atoms with Gasteiger partial charge in [-0.3, -0.25) is 4.79 Å². The normalized spacial score (nSPS) is 10.4. The molecule has 1 N–H and O–H groups in total. The van der Waals surface area contributed by atoms with Crippen molar-refractivity contribution < 1.29 is 9.90 Å². The Morgan fingerprint density at radius 2 is 2.14 bits per heavy atom. The number of phenolic OH excluding ortho intramolecular Hbond substituents is 1. The molecule has 2 aromatic rings. The second-order valence-electron chi connectivity index (χ2n) is 2.98. The Kier molecular flexibility index (Phi) is 1.89. The van der Waals surface area contributed by atoms with Gasteiger partial charge >= 0.3 is 0 Å². The standard InChI is InChI=1S/C10H8N2O2/c1-6(13)10-8-4-7(14)2-3-9(8)11-5-12-10/h2-5,14H,1H3. The van der Waals surface area contributed by atoms with Gasteiger partial charge in [-0.25, -0.2) is 9.97 Å². The van der Waals surface area contributed by atoms with Crippen LogP contribution in [0.5, 0.6) is 5.75 Å². The van der Waals surface area contributed by atoms with Crippen molar-refractivity contribution in [2.75, 3.05) is 0 Å². The molecule has 0 unspecified atom stereocenters. The fourth-order valence-corrected chi connectivity index (χ4v) is 1.33. The molecule has 4 heteroatoms. The quantitative estimate of drug-likeness (QED) is 0.689. The predicted octanol–water partition coefficient (Wildman–Crippen LogP) is 1.54. The third kappa shape index (κ3) is 1.31. The van der Waals surface area contributed by atoms with Crippen LogP contribution in [0, 0.1) is 0 Å². The summed E-state index contributed by atoms with van der Waals surface area (Å²) in [5.41, 5.74) is 0.994. The van der Waals surface area contributed by atoms with Gasteiger partial charge in [0.15, 0.2) is 5.78 Å². The smallest absolute Gasteiger partial charge is 0.178 e. The van der Waals surface area contributed by atoms with Crippen LogP contribution in [-0.4, -0.2) is 20.9 Å². The Bertz CT molecular complexity index is 508. The van der Waals surface area contributed by atoms with Crippen molar-refractivity contribution in [3.8, 4) is 5.75 Å². The number of carbonyl (C=O) groups is 1. The van der Waals surface area contributed by atoms with Crippen molar-refractivity contribution in [1.82, 2.24) is 9.97 Å². The Morgan fingerprint density at radius 3 is 2.86 bits per heavy atom. The molecule has 0 amide bonds. The van der Waals surface area contributed by atoms with Gasteiger partial charge in [0.2, 0.25) is 0 Å². The van der Waals surface area contributed by atoms with Crippen LogP contribution in [0.4, 0.5) is 0 Å². The molecule has 0 radical (unpaired) electrons. The molecule has 70 valence electrons. The first-order chi connectivity index (χ1) is 6.68. The number of phenols is 1. The van der Waals surface area contributed by atoms with E-state index in [-0.39, 0.29) is 11.5 Å². The van der Waals surface area contributed by atoms with Crippen molar-refractivity contribution in [2.24, 2.45) is 0 Å². The summed E-state index contributed by atoms with van der Waals surface area (Å²) in [7, 11) is 0. The molecule has 0 bridgehead atoms. The number of aromatic hydroxyl groups is 1. The number of carbonyl (C=O) groups excluding carboxylic acids is 1. The molecular weight excluding hydrogens is 180 g/mol. The average Bonchev–Trinajstić information content (AvgIpc) is 2.16. The number of hydrogen-bond acceptors (Lipinski definition) is 4. The molecule has 0 spiro atoms. The van der Waals surface area contributed by atoms with Crippen LogP contribution in [0.15, 0.2) is 24.5 Å². The highest BCUT2D eigenvalue weighted by atomic mass is 16.3. The Morgan fingerprint density at radius 1 is 1.36 bits per heavy atom. The number of rotatable bonds is 1. The largest absolute Gasteiger partial charge is 0.508 e. The van der Waals surface area contributed by atoms with E-state index in [1.54, 1.807) is 6.07 Å². The highest BCUT2D eigenvalue weighted by Crippen LogP contribution is 2.20. The van der Waals surface area contributed by atoms with Gasteiger partial charge < -0.3 is 5.11 Å². The molecule has 1 aromatic carbocycles. The van der Waals surface area contributed by atoms with Crippen molar-refractivity contribution in [1.29, 1.82) is 0 Å². The first-order valence-electron chi connectivity index (χ1n) is 4.13. The van der Waals surface area contributed by atoms with E-state index in [2.05, 4.69) is 9.97 Å². The molecule has 14 heavy (non-hydrogen) atoms. The zero-order valence-corrected chi connectivity index (χ0v) is 7.56. The number of aromatic nitrogens is 2.